The Hall–Kier alpha value is -0.830. The summed E-state index contributed by atoms with van der Waals surface area (Å²) in [5.41, 5.74) is 0.698. The topological polar surface area (TPSA) is 34.9 Å². The van der Waals surface area contributed by atoms with E-state index in [0.29, 0.717) is 17.9 Å². The first-order valence-corrected chi connectivity index (χ1v) is 5.43. The maximum absolute atomic E-state index is 11.5. The van der Waals surface area contributed by atoms with Crippen LogP contribution >= 0.6 is 11.6 Å². The van der Waals surface area contributed by atoms with Gasteiger partial charge in [-0.25, -0.2) is 0 Å². The van der Waals surface area contributed by atoms with E-state index in [4.69, 9.17) is 11.6 Å². The molecule has 0 aromatic carbocycles. The van der Waals surface area contributed by atoms with E-state index in [-0.39, 0.29) is 5.78 Å². The average Bonchev–Trinajstić information content (AvgIpc) is 2.63. The minimum Gasteiger partial charge on any atom is -0.294 e. The summed E-state index contributed by atoms with van der Waals surface area (Å²) in [5, 5.41) is 4.10. The van der Waals surface area contributed by atoms with Gasteiger partial charge in [0.25, 0.3) is 0 Å². The highest BCUT2D eigenvalue weighted by Crippen LogP contribution is 2.05. The van der Waals surface area contributed by atoms with Crippen LogP contribution in [0.3, 0.4) is 0 Å². The predicted octanol–water partition coefficient (Wildman–Crippen LogP) is 2.49. The van der Waals surface area contributed by atoms with Gasteiger partial charge in [-0.3, -0.25) is 9.48 Å². The number of ketones is 1. The third kappa shape index (κ3) is 3.14. The number of carbonyl (C=O) groups excluding carboxylic acids is 1. The van der Waals surface area contributed by atoms with Crippen LogP contribution in [0.4, 0.5) is 0 Å². The molecule has 0 aliphatic rings. The highest BCUT2D eigenvalue weighted by Gasteiger charge is 2.07. The Morgan fingerprint density at radius 3 is 3.07 bits per heavy atom. The molecule has 0 spiro atoms. The largest absolute Gasteiger partial charge is 0.294 e. The van der Waals surface area contributed by atoms with Crippen LogP contribution in [0.2, 0.25) is 0 Å². The van der Waals surface area contributed by atoms with E-state index in [1.807, 2.05) is 0 Å². The third-order valence-corrected chi connectivity index (χ3v) is 2.21. The van der Waals surface area contributed by atoms with E-state index in [9.17, 15) is 4.79 Å². The van der Waals surface area contributed by atoms with Crippen LogP contribution in [0.1, 0.15) is 36.5 Å². The molecular weight excluding hydrogens is 200 g/mol. The average molecular weight is 215 g/mol. The Morgan fingerprint density at radius 2 is 2.43 bits per heavy atom. The molecule has 0 N–H and O–H groups in total. The fourth-order valence-corrected chi connectivity index (χ4v) is 1.36. The Balaban J connectivity index is 2.53. The van der Waals surface area contributed by atoms with Crippen LogP contribution < -0.4 is 0 Å². The molecule has 0 amide bonds. The predicted molar refractivity (Wildman–Crippen MR) is 56.8 cm³/mol. The fraction of sp³-hybridized carbons (Fsp3) is 0.600. The van der Waals surface area contributed by atoms with Crippen LogP contribution in [-0.4, -0.2) is 21.4 Å². The van der Waals surface area contributed by atoms with Crippen molar-refractivity contribution in [2.24, 2.45) is 0 Å². The molecule has 0 unspecified atom stereocenters. The van der Waals surface area contributed by atoms with Crippen molar-refractivity contribution in [2.45, 2.75) is 32.7 Å². The zero-order valence-corrected chi connectivity index (χ0v) is 9.13. The summed E-state index contributed by atoms with van der Waals surface area (Å²) in [4.78, 5) is 11.5. The van der Waals surface area contributed by atoms with Gasteiger partial charge in [0.05, 0.1) is 11.8 Å². The number of rotatable bonds is 6. The van der Waals surface area contributed by atoms with Crippen LogP contribution in [0, 0.1) is 0 Å². The van der Waals surface area contributed by atoms with E-state index < -0.39 is 0 Å². The first kappa shape index (κ1) is 11.2. The molecule has 1 aromatic heterocycles. The molecule has 0 bridgehead atoms. The normalized spacial score (nSPS) is 10.4. The van der Waals surface area contributed by atoms with E-state index in [1.54, 1.807) is 17.1 Å². The number of carbonyl (C=O) groups is 1. The molecular formula is C10H15ClN2O. The second-order valence-electron chi connectivity index (χ2n) is 3.21. The Kier molecular flexibility index (Phi) is 4.66. The lowest BCUT2D eigenvalue weighted by Crippen LogP contribution is -1.99. The smallest absolute Gasteiger partial charge is 0.166 e. The van der Waals surface area contributed by atoms with E-state index in [1.165, 1.54) is 0 Å². The van der Waals surface area contributed by atoms with Gasteiger partial charge in [-0.15, -0.1) is 11.6 Å². The van der Waals surface area contributed by atoms with Crippen LogP contribution in [0.25, 0.3) is 0 Å². The zero-order chi connectivity index (χ0) is 10.4. The van der Waals surface area contributed by atoms with Crippen molar-refractivity contribution in [3.05, 3.63) is 18.0 Å². The number of hydrogen-bond donors (Lipinski definition) is 0. The molecule has 1 rings (SSSR count). The molecule has 0 fully saturated rings. The minimum atomic E-state index is 0.132. The number of Topliss-reactive ketones (excluding diaryl/α,β-unsaturated/α-hetero) is 1. The summed E-state index contributed by atoms with van der Waals surface area (Å²) >= 11 is 5.51. The highest BCUT2D eigenvalue weighted by atomic mass is 35.5. The first-order chi connectivity index (χ1) is 6.77. The van der Waals surface area contributed by atoms with Gasteiger partial charge in [0.1, 0.15) is 0 Å². The first-order valence-electron chi connectivity index (χ1n) is 4.89. The SMILES string of the molecule is CCCn1cc(C(=O)CCCCl)cn1. The summed E-state index contributed by atoms with van der Waals surface area (Å²) in [6.45, 7) is 2.94. The Bertz CT molecular complexity index is 296. The second kappa shape index (κ2) is 5.81. The van der Waals surface area contributed by atoms with Crippen molar-refractivity contribution >= 4 is 17.4 Å². The molecule has 0 atom stereocenters. The van der Waals surface area contributed by atoms with Gasteiger partial charge in [-0.2, -0.15) is 5.10 Å². The number of aryl methyl sites for hydroxylation is 1. The summed E-state index contributed by atoms with van der Waals surface area (Å²) in [6, 6.07) is 0. The molecule has 3 nitrogen and oxygen atoms in total. The van der Waals surface area contributed by atoms with E-state index in [2.05, 4.69) is 12.0 Å². The lowest BCUT2D eigenvalue weighted by atomic mass is 10.1. The zero-order valence-electron chi connectivity index (χ0n) is 8.37. The van der Waals surface area contributed by atoms with Crippen LogP contribution in [-0.2, 0) is 6.54 Å². The molecule has 0 radical (unpaired) electrons. The quantitative estimate of drug-likeness (QED) is 0.539. The lowest BCUT2D eigenvalue weighted by Gasteiger charge is -1.95. The maximum Gasteiger partial charge on any atom is 0.166 e. The molecule has 0 aliphatic carbocycles. The van der Waals surface area contributed by atoms with Gasteiger partial charge >= 0.3 is 0 Å². The summed E-state index contributed by atoms with van der Waals surface area (Å²) in [7, 11) is 0. The number of hydrogen-bond acceptors (Lipinski definition) is 2. The van der Waals surface area contributed by atoms with Crippen LogP contribution in [0.15, 0.2) is 12.4 Å². The summed E-state index contributed by atoms with van der Waals surface area (Å²) < 4.78 is 1.80. The fourth-order valence-electron chi connectivity index (χ4n) is 1.23. The number of aromatic nitrogens is 2. The van der Waals surface area contributed by atoms with Gasteiger partial charge in [-0.1, -0.05) is 6.92 Å². The van der Waals surface area contributed by atoms with E-state index >= 15 is 0 Å². The number of alkyl halides is 1. The molecule has 0 aliphatic heterocycles. The third-order valence-electron chi connectivity index (χ3n) is 1.95. The van der Waals surface area contributed by atoms with E-state index in [0.717, 1.165) is 19.4 Å². The molecule has 14 heavy (non-hydrogen) atoms. The number of halogens is 1. The second-order valence-corrected chi connectivity index (χ2v) is 3.59. The van der Waals surface area contributed by atoms with Crippen LogP contribution in [0.5, 0.6) is 0 Å². The van der Waals surface area contributed by atoms with Gasteiger partial charge < -0.3 is 0 Å². The standard InChI is InChI=1S/C10H15ClN2O/c1-2-6-13-8-9(7-12-13)10(14)4-3-5-11/h7-8H,2-6H2,1H3. The number of nitrogens with zero attached hydrogens (tertiary/aromatic N) is 2. The molecule has 78 valence electrons. The van der Waals surface area contributed by atoms with Crippen molar-refractivity contribution in [2.75, 3.05) is 5.88 Å². The van der Waals surface area contributed by atoms with Crippen molar-refractivity contribution in [3.8, 4) is 0 Å². The van der Waals surface area contributed by atoms with Crippen molar-refractivity contribution in [1.82, 2.24) is 9.78 Å². The van der Waals surface area contributed by atoms with Gasteiger partial charge in [-0.05, 0) is 12.8 Å². The molecule has 0 saturated heterocycles. The van der Waals surface area contributed by atoms with Crippen molar-refractivity contribution in [1.29, 1.82) is 0 Å². The summed E-state index contributed by atoms with van der Waals surface area (Å²) in [6.07, 6.45) is 5.71. The molecule has 1 heterocycles. The van der Waals surface area contributed by atoms with Gasteiger partial charge in [0, 0.05) is 25.0 Å². The molecule has 0 saturated carbocycles. The lowest BCUT2D eigenvalue weighted by molar-refractivity contribution is 0.0982. The van der Waals surface area contributed by atoms with Gasteiger partial charge in [0.15, 0.2) is 5.78 Å². The Morgan fingerprint density at radius 1 is 1.64 bits per heavy atom. The highest BCUT2D eigenvalue weighted by molar-refractivity contribution is 6.18. The Labute approximate surface area is 89.1 Å². The maximum atomic E-state index is 11.5. The summed E-state index contributed by atoms with van der Waals surface area (Å²) in [5.74, 6) is 0.669. The molecule has 1 aromatic rings. The molecule has 4 heteroatoms. The van der Waals surface area contributed by atoms with Gasteiger partial charge in [0.2, 0.25) is 0 Å². The monoisotopic (exact) mass is 214 g/mol. The van der Waals surface area contributed by atoms with Crippen molar-refractivity contribution in [3.63, 3.8) is 0 Å². The van der Waals surface area contributed by atoms with Crippen molar-refractivity contribution < 1.29 is 4.79 Å². The minimum absolute atomic E-state index is 0.132.